The minimum absolute atomic E-state index is 0.147. The number of amides is 3. The zero-order chi connectivity index (χ0) is 34.3. The Kier molecular flexibility index (Phi) is 11.1. The van der Waals surface area contributed by atoms with Crippen LogP contribution < -0.4 is 16.0 Å². The van der Waals surface area contributed by atoms with E-state index in [4.69, 9.17) is 0 Å². The Morgan fingerprint density at radius 2 is 1.48 bits per heavy atom. The molecule has 3 amide bonds. The van der Waals surface area contributed by atoms with Crippen LogP contribution in [0.15, 0.2) is 36.7 Å². The highest BCUT2D eigenvalue weighted by molar-refractivity contribution is 5.95. The summed E-state index contributed by atoms with van der Waals surface area (Å²) in [5, 5.41) is 8.47. The molecule has 14 nitrogen and oxygen atoms in total. The molecule has 5 N–H and O–H groups in total. The normalized spacial score (nSPS) is 20.2. The van der Waals surface area contributed by atoms with Crippen LogP contribution in [0.25, 0.3) is 0 Å². The van der Waals surface area contributed by atoms with Crippen LogP contribution in [0.5, 0.6) is 0 Å². The molecule has 48 heavy (non-hydrogen) atoms. The van der Waals surface area contributed by atoms with E-state index < -0.39 is 29.8 Å². The molecule has 0 bridgehead atoms. The summed E-state index contributed by atoms with van der Waals surface area (Å²) in [6, 6.07) is 7.00. The molecule has 0 spiro atoms. The third kappa shape index (κ3) is 7.87. The van der Waals surface area contributed by atoms with Crippen molar-refractivity contribution in [1.29, 1.82) is 0 Å². The monoisotopic (exact) mass is 662 g/mol. The number of nitrogens with zero attached hydrogens (tertiary/aromatic N) is 3. The topological polar surface area (TPSA) is 183 Å². The second-order valence-corrected chi connectivity index (χ2v) is 12.6. The van der Waals surface area contributed by atoms with Gasteiger partial charge in [-0.1, -0.05) is 24.3 Å². The number of nitrogens with one attached hydrogen (secondary N) is 5. The number of alkyl carbamates (subject to hydrolysis) is 2. The van der Waals surface area contributed by atoms with Gasteiger partial charge in [0, 0.05) is 30.3 Å². The smallest absolute Gasteiger partial charge is 0.407 e. The highest BCUT2D eigenvalue weighted by Crippen LogP contribution is 2.32. The summed E-state index contributed by atoms with van der Waals surface area (Å²) in [4.78, 5) is 67.4. The number of aromatic nitrogens is 4. The number of ketones is 1. The predicted molar refractivity (Wildman–Crippen MR) is 176 cm³/mol. The standard InChI is InChI=1S/C34H46N8O6/c1-21(38-32(45)47-3)28(43)34(16-6-17-37-34)31-36-20-26(41-31)15-13-24-10-8-23(9-11-24)12-14-25-19-35-29(40-25)27-7-5-18-42(27)30(44)22(2)39-33(46)48-4/h8-11,19-22,27,37H,5-7,12-18H2,1-4H3,(H,35,40)(H,36,41)(H,38,45)(H,39,46)/t21-,22-,27-,34+/m0/s1. The highest BCUT2D eigenvalue weighted by Gasteiger charge is 2.47. The lowest BCUT2D eigenvalue weighted by molar-refractivity contribution is -0.134. The van der Waals surface area contributed by atoms with Crippen molar-refractivity contribution in [2.45, 2.75) is 88.9 Å². The van der Waals surface area contributed by atoms with E-state index >= 15 is 0 Å². The second kappa shape index (κ2) is 15.5. The molecule has 2 aliphatic heterocycles. The predicted octanol–water partition coefficient (Wildman–Crippen LogP) is 3.00. The Morgan fingerprint density at radius 3 is 2.08 bits per heavy atom. The first-order valence-corrected chi connectivity index (χ1v) is 16.6. The minimum atomic E-state index is -0.967. The summed E-state index contributed by atoms with van der Waals surface area (Å²) in [6.07, 6.45) is 8.64. The second-order valence-electron chi connectivity index (χ2n) is 12.6. The van der Waals surface area contributed by atoms with Crippen LogP contribution in [-0.4, -0.2) is 88.1 Å². The number of ether oxygens (including phenoxy) is 2. The van der Waals surface area contributed by atoms with E-state index in [9.17, 15) is 19.2 Å². The summed E-state index contributed by atoms with van der Waals surface area (Å²) in [5.74, 6) is 1.04. The van der Waals surface area contributed by atoms with Crippen LogP contribution in [0.4, 0.5) is 9.59 Å². The first-order chi connectivity index (χ1) is 23.1. The fourth-order valence-electron chi connectivity index (χ4n) is 6.61. The lowest BCUT2D eigenvalue weighted by Crippen LogP contribution is -2.54. The average Bonchev–Trinajstić information content (AvgIpc) is 3.93. The molecule has 14 heteroatoms. The number of methoxy groups -OCH3 is 2. The van der Waals surface area contributed by atoms with E-state index in [-0.39, 0.29) is 17.7 Å². The number of Topliss-reactive ketones (excluding diaryl/α,β-unsaturated/α-hetero) is 1. The Balaban J connectivity index is 1.12. The molecule has 3 aromatic rings. The van der Waals surface area contributed by atoms with E-state index in [0.717, 1.165) is 62.2 Å². The van der Waals surface area contributed by atoms with Gasteiger partial charge in [-0.25, -0.2) is 19.6 Å². The summed E-state index contributed by atoms with van der Waals surface area (Å²) in [5.41, 5.74) is 3.39. The number of H-pyrrole nitrogens is 2. The first-order valence-electron chi connectivity index (χ1n) is 16.6. The maximum absolute atomic E-state index is 13.4. The molecular weight excluding hydrogens is 616 g/mol. The number of aromatic amines is 2. The fourth-order valence-corrected chi connectivity index (χ4v) is 6.61. The molecule has 4 heterocycles. The minimum Gasteiger partial charge on any atom is -0.453 e. The van der Waals surface area contributed by atoms with Gasteiger partial charge in [0.2, 0.25) is 5.91 Å². The van der Waals surface area contributed by atoms with E-state index in [1.165, 1.54) is 25.3 Å². The van der Waals surface area contributed by atoms with E-state index in [2.05, 4.69) is 69.6 Å². The van der Waals surface area contributed by atoms with Crippen molar-refractivity contribution >= 4 is 23.9 Å². The molecule has 0 unspecified atom stereocenters. The van der Waals surface area contributed by atoms with Crippen molar-refractivity contribution in [3.8, 4) is 0 Å². The number of aryl methyl sites for hydroxylation is 4. The van der Waals surface area contributed by atoms with Gasteiger partial charge in [0.1, 0.15) is 23.2 Å². The Bertz CT molecular complexity index is 1580. The largest absolute Gasteiger partial charge is 0.453 e. The maximum Gasteiger partial charge on any atom is 0.407 e. The quantitative estimate of drug-likeness (QED) is 0.184. The van der Waals surface area contributed by atoms with Crippen LogP contribution in [0.1, 0.15) is 79.7 Å². The van der Waals surface area contributed by atoms with Gasteiger partial charge < -0.3 is 35.0 Å². The molecule has 4 atom stereocenters. The molecular formula is C34H46N8O6. The molecule has 0 saturated carbocycles. The molecule has 2 fully saturated rings. The molecule has 2 aromatic heterocycles. The van der Waals surface area contributed by atoms with E-state index in [1.807, 2.05) is 6.20 Å². The van der Waals surface area contributed by atoms with Gasteiger partial charge in [0.15, 0.2) is 5.78 Å². The van der Waals surface area contributed by atoms with Crippen molar-refractivity contribution in [2.75, 3.05) is 27.3 Å². The zero-order valence-electron chi connectivity index (χ0n) is 28.1. The number of carbonyl (C=O) groups is 4. The van der Waals surface area contributed by atoms with Crippen LogP contribution in [0.3, 0.4) is 0 Å². The number of likely N-dealkylation sites (tertiary alicyclic amines) is 1. The Morgan fingerprint density at radius 1 is 0.875 bits per heavy atom. The molecule has 0 aliphatic carbocycles. The van der Waals surface area contributed by atoms with Gasteiger partial charge in [-0.05, 0) is 82.9 Å². The van der Waals surface area contributed by atoms with Gasteiger partial charge >= 0.3 is 12.2 Å². The van der Waals surface area contributed by atoms with Crippen molar-refractivity contribution in [1.82, 2.24) is 40.8 Å². The fraction of sp³-hybridized carbons (Fsp3) is 0.529. The molecule has 1 aromatic carbocycles. The summed E-state index contributed by atoms with van der Waals surface area (Å²) >= 11 is 0. The third-order valence-electron chi connectivity index (χ3n) is 9.30. The molecule has 258 valence electrons. The van der Waals surface area contributed by atoms with Crippen LogP contribution >= 0.6 is 0 Å². The molecule has 2 aliphatic rings. The number of hydrogen-bond acceptors (Lipinski definition) is 9. The van der Waals surface area contributed by atoms with Crippen molar-refractivity contribution in [3.63, 3.8) is 0 Å². The van der Waals surface area contributed by atoms with E-state index in [1.54, 1.807) is 24.9 Å². The molecule has 2 saturated heterocycles. The average molecular weight is 663 g/mol. The van der Waals surface area contributed by atoms with Crippen molar-refractivity contribution in [2.24, 2.45) is 0 Å². The maximum atomic E-state index is 13.4. The number of carbonyl (C=O) groups excluding carboxylic acids is 4. The van der Waals surface area contributed by atoms with Gasteiger partial charge in [-0.15, -0.1) is 0 Å². The molecule has 0 radical (unpaired) electrons. The Hall–Kier alpha value is -4.72. The lowest BCUT2D eigenvalue weighted by atomic mass is 9.87. The van der Waals surface area contributed by atoms with Crippen molar-refractivity contribution < 1.29 is 28.7 Å². The van der Waals surface area contributed by atoms with Gasteiger partial charge in [-0.3, -0.25) is 14.9 Å². The van der Waals surface area contributed by atoms with Crippen LogP contribution in [-0.2, 0) is 50.3 Å². The number of benzene rings is 1. The SMILES string of the molecule is COC(=O)N[C@@H](C)C(=O)N1CCC[C@H]1c1ncc(CCc2ccc(CCc3cnc([C@]4(C(=O)[C@H](C)NC(=O)OC)CCCN4)[nH]3)cc2)[nH]1. The number of imidazole rings is 2. The third-order valence-corrected chi connectivity index (χ3v) is 9.30. The summed E-state index contributed by atoms with van der Waals surface area (Å²) < 4.78 is 9.29. The summed E-state index contributed by atoms with van der Waals surface area (Å²) in [7, 11) is 2.54. The highest BCUT2D eigenvalue weighted by atomic mass is 16.5. The number of hydrogen-bond donors (Lipinski definition) is 5. The van der Waals surface area contributed by atoms with Gasteiger partial charge in [-0.2, -0.15) is 0 Å². The van der Waals surface area contributed by atoms with Crippen molar-refractivity contribution in [3.05, 3.63) is 70.8 Å². The number of rotatable bonds is 13. The van der Waals surface area contributed by atoms with E-state index in [0.29, 0.717) is 25.3 Å². The molecule has 5 rings (SSSR count). The van der Waals surface area contributed by atoms with Crippen LogP contribution in [0.2, 0.25) is 0 Å². The Labute approximate surface area is 280 Å². The van der Waals surface area contributed by atoms with Gasteiger partial charge in [0.05, 0.1) is 26.3 Å². The first kappa shape index (κ1) is 34.6. The zero-order valence-corrected chi connectivity index (χ0v) is 28.1. The summed E-state index contributed by atoms with van der Waals surface area (Å²) in [6.45, 7) is 4.63. The van der Waals surface area contributed by atoms with Gasteiger partial charge in [0.25, 0.3) is 0 Å². The lowest BCUT2D eigenvalue weighted by Gasteiger charge is -2.29. The van der Waals surface area contributed by atoms with Crippen LogP contribution in [0, 0.1) is 0 Å².